The molecule has 0 bridgehead atoms. The minimum Gasteiger partial charge on any atom is -0.504 e. The minimum absolute atomic E-state index is 0.0943. The maximum Gasteiger partial charge on any atom is 0.340 e. The number of benzene rings is 2. The zero-order valence-electron chi connectivity index (χ0n) is 22.2. The molecule has 2 aromatic carbocycles. The van der Waals surface area contributed by atoms with Crippen LogP contribution in [0.25, 0.3) is 21.9 Å². The first kappa shape index (κ1) is 31.6. The second-order valence-corrected chi connectivity index (χ2v) is 18.1. The molecule has 0 aliphatic heterocycles. The molecule has 0 atom stereocenters. The SMILES string of the molecule is Cc1cc2occ(I)c(=O)c2c(C(=O)OCC[Si](C)(C)C)c1C.O=C(O)c1c(O)c(O)cc2occ(I)c(=O)c12. The summed E-state index contributed by atoms with van der Waals surface area (Å²) in [6, 6.07) is 3.68. The van der Waals surface area contributed by atoms with E-state index < -0.39 is 42.5 Å². The van der Waals surface area contributed by atoms with Gasteiger partial charge in [-0.1, -0.05) is 19.6 Å². The first-order valence-electron chi connectivity index (χ1n) is 11.8. The van der Waals surface area contributed by atoms with Gasteiger partial charge in [0.25, 0.3) is 0 Å². The number of rotatable bonds is 5. The number of phenols is 2. The van der Waals surface area contributed by atoms with Crippen molar-refractivity contribution in [3.05, 3.63) is 74.5 Å². The van der Waals surface area contributed by atoms with Crippen molar-refractivity contribution in [1.82, 2.24) is 0 Å². The molecule has 4 rings (SSSR count). The van der Waals surface area contributed by atoms with E-state index in [1.165, 1.54) is 6.26 Å². The summed E-state index contributed by atoms with van der Waals surface area (Å²) < 4.78 is 16.6. The van der Waals surface area contributed by atoms with E-state index in [4.69, 9.17) is 18.7 Å². The average Bonchev–Trinajstić information content (AvgIpc) is 2.85. The second-order valence-electron chi connectivity index (χ2n) is 10.1. The summed E-state index contributed by atoms with van der Waals surface area (Å²) in [6.07, 6.45) is 2.56. The van der Waals surface area contributed by atoms with Crippen molar-refractivity contribution in [2.24, 2.45) is 0 Å². The second kappa shape index (κ2) is 12.3. The molecule has 0 spiro atoms. The van der Waals surface area contributed by atoms with E-state index >= 15 is 0 Å². The Labute approximate surface area is 256 Å². The Morgan fingerprint density at radius 3 is 1.90 bits per heavy atom. The molecule has 0 unspecified atom stereocenters. The zero-order chi connectivity index (χ0) is 30.1. The van der Waals surface area contributed by atoms with E-state index in [2.05, 4.69) is 19.6 Å². The van der Waals surface area contributed by atoms with E-state index in [-0.39, 0.29) is 20.0 Å². The lowest BCUT2D eigenvalue weighted by atomic mass is 9.98. The minimum atomic E-state index is -1.52. The Bertz CT molecular complexity index is 1770. The average molecular weight is 792 g/mol. The molecular weight excluding hydrogens is 766 g/mol. The number of carboxylic acids is 1. The predicted octanol–water partition coefficient (Wildman–Crippen LogP) is 6.02. The van der Waals surface area contributed by atoms with Crippen LogP contribution in [0.15, 0.2) is 43.1 Å². The molecule has 0 aliphatic rings. The molecule has 2 heterocycles. The molecule has 0 saturated carbocycles. The van der Waals surface area contributed by atoms with Crippen LogP contribution in [0.3, 0.4) is 0 Å². The van der Waals surface area contributed by atoms with Crippen molar-refractivity contribution < 1.29 is 38.5 Å². The number of aromatic hydroxyl groups is 2. The van der Waals surface area contributed by atoms with Gasteiger partial charge in [0.05, 0.1) is 30.1 Å². The van der Waals surface area contributed by atoms with Crippen molar-refractivity contribution in [2.45, 2.75) is 39.5 Å². The van der Waals surface area contributed by atoms with E-state index in [0.29, 0.717) is 26.7 Å². The molecule has 13 heteroatoms. The lowest BCUT2D eigenvalue weighted by molar-refractivity contribution is 0.0525. The van der Waals surface area contributed by atoms with Gasteiger partial charge in [-0.15, -0.1) is 0 Å². The van der Waals surface area contributed by atoms with Crippen molar-refractivity contribution in [3.8, 4) is 11.5 Å². The van der Waals surface area contributed by atoms with Crippen LogP contribution >= 0.6 is 45.2 Å². The first-order valence-corrected chi connectivity index (χ1v) is 17.7. The lowest BCUT2D eigenvalue weighted by Gasteiger charge is -2.16. The van der Waals surface area contributed by atoms with Crippen LogP contribution in [0.4, 0.5) is 0 Å². The molecule has 40 heavy (non-hydrogen) atoms. The van der Waals surface area contributed by atoms with Crippen molar-refractivity contribution in [3.63, 3.8) is 0 Å². The quantitative estimate of drug-likeness (QED) is 0.0943. The van der Waals surface area contributed by atoms with Crippen molar-refractivity contribution in [2.75, 3.05) is 6.61 Å². The normalized spacial score (nSPS) is 11.3. The van der Waals surface area contributed by atoms with Gasteiger partial charge in [-0.3, -0.25) is 9.59 Å². The fourth-order valence-electron chi connectivity index (χ4n) is 3.72. The fourth-order valence-corrected chi connectivity index (χ4v) is 5.23. The number of halogens is 2. The zero-order valence-corrected chi connectivity index (χ0v) is 27.5. The molecule has 0 aliphatic carbocycles. The highest BCUT2D eigenvalue weighted by molar-refractivity contribution is 14.1. The number of aryl methyl sites for hydroxylation is 1. The molecule has 3 N–H and O–H groups in total. The van der Waals surface area contributed by atoms with Gasteiger partial charge in [0.2, 0.25) is 10.9 Å². The highest BCUT2D eigenvalue weighted by Gasteiger charge is 2.24. The monoisotopic (exact) mass is 792 g/mol. The summed E-state index contributed by atoms with van der Waals surface area (Å²) in [5.74, 6) is -3.46. The van der Waals surface area contributed by atoms with Crippen molar-refractivity contribution in [1.29, 1.82) is 0 Å². The Morgan fingerprint density at radius 2 is 1.40 bits per heavy atom. The Morgan fingerprint density at radius 1 is 0.900 bits per heavy atom. The summed E-state index contributed by atoms with van der Waals surface area (Å²) in [4.78, 5) is 47.9. The number of carbonyl (C=O) groups excluding carboxylic acids is 1. The number of carboxylic acid groups (broad SMARTS) is 1. The van der Waals surface area contributed by atoms with Gasteiger partial charge in [0.15, 0.2) is 11.5 Å². The molecule has 0 amide bonds. The number of carbonyl (C=O) groups is 2. The topological polar surface area (TPSA) is 164 Å². The van der Waals surface area contributed by atoms with Crippen LogP contribution in [-0.2, 0) is 4.74 Å². The van der Waals surface area contributed by atoms with E-state index in [1.54, 1.807) is 28.7 Å². The lowest BCUT2D eigenvalue weighted by Crippen LogP contribution is -2.23. The van der Waals surface area contributed by atoms with E-state index in [0.717, 1.165) is 29.5 Å². The summed E-state index contributed by atoms with van der Waals surface area (Å²) in [5.41, 5.74) is 0.921. The smallest absolute Gasteiger partial charge is 0.340 e. The van der Waals surface area contributed by atoms with Gasteiger partial charge >= 0.3 is 11.9 Å². The van der Waals surface area contributed by atoms with Gasteiger partial charge in [0, 0.05) is 14.1 Å². The summed E-state index contributed by atoms with van der Waals surface area (Å²) in [6.45, 7) is 10.8. The molecule has 4 aromatic rings. The van der Waals surface area contributed by atoms with Gasteiger partial charge < -0.3 is 28.9 Å². The highest BCUT2D eigenvalue weighted by Crippen LogP contribution is 2.34. The van der Waals surface area contributed by atoms with Crippen LogP contribution in [0, 0.1) is 21.0 Å². The molecule has 0 radical (unpaired) electrons. The molecule has 0 fully saturated rings. The van der Waals surface area contributed by atoms with Gasteiger partial charge in [-0.05, 0) is 82.3 Å². The summed E-state index contributed by atoms with van der Waals surface area (Å²) in [5, 5.41) is 27.8. The Kier molecular flexibility index (Phi) is 9.72. The number of fused-ring (bicyclic) bond motifs is 2. The molecule has 0 saturated heterocycles. The standard InChI is InChI=1S/C17H21IO4Si.C10H5IO6/c1-10-8-13-15(16(19)12(18)9-22-13)14(11(10)2)17(20)21-6-7-23(3,4)5;11-3-2-17-5-1-4(12)9(14)7(10(15)16)6(5)8(3)13/h8-9H,6-7H2,1-5H3;1-2,12,14H,(H,15,16). The van der Waals surface area contributed by atoms with Crippen LogP contribution in [0.2, 0.25) is 25.7 Å². The molecular formula is C27H26I2O10Si. The number of hydrogen-bond donors (Lipinski definition) is 3. The Hall–Kier alpha value is -2.92. The third-order valence-electron chi connectivity index (χ3n) is 6.02. The van der Waals surface area contributed by atoms with Crippen LogP contribution in [0.1, 0.15) is 31.8 Å². The van der Waals surface area contributed by atoms with Crippen molar-refractivity contribution >= 4 is 87.1 Å². The largest absolute Gasteiger partial charge is 0.504 e. The maximum absolute atomic E-state index is 12.6. The van der Waals surface area contributed by atoms with Crippen LogP contribution in [0.5, 0.6) is 11.5 Å². The first-order chi connectivity index (χ1) is 18.5. The van der Waals surface area contributed by atoms with Gasteiger partial charge in [-0.2, -0.15) is 0 Å². The number of hydrogen-bond acceptors (Lipinski definition) is 9. The number of ether oxygens (including phenoxy) is 1. The Balaban J connectivity index is 0.000000230. The third-order valence-corrected chi connectivity index (χ3v) is 9.22. The fraction of sp³-hybridized carbons (Fsp3) is 0.259. The van der Waals surface area contributed by atoms with Gasteiger partial charge in [0.1, 0.15) is 29.3 Å². The molecule has 212 valence electrons. The predicted molar refractivity (Wildman–Crippen MR) is 169 cm³/mol. The molecule has 10 nitrogen and oxygen atoms in total. The number of esters is 1. The molecule has 2 aromatic heterocycles. The third kappa shape index (κ3) is 6.68. The van der Waals surface area contributed by atoms with E-state index in [1.807, 2.05) is 36.4 Å². The number of aromatic carboxylic acids is 1. The van der Waals surface area contributed by atoms with Crippen LogP contribution in [-0.4, -0.2) is 41.9 Å². The van der Waals surface area contributed by atoms with E-state index in [9.17, 15) is 29.4 Å². The van der Waals surface area contributed by atoms with Gasteiger partial charge in [-0.25, -0.2) is 9.59 Å². The van der Waals surface area contributed by atoms with Crippen LogP contribution < -0.4 is 10.9 Å². The maximum atomic E-state index is 12.6. The highest BCUT2D eigenvalue weighted by atomic mass is 127. The number of phenolic OH excluding ortho intramolecular Hbond substituents is 1. The summed E-state index contributed by atoms with van der Waals surface area (Å²) in [7, 11) is -1.28. The summed E-state index contributed by atoms with van der Waals surface area (Å²) >= 11 is 3.61.